The molecular formula is C16H24N2O3. The van der Waals surface area contributed by atoms with Crippen LogP contribution in [0.25, 0.3) is 0 Å². The van der Waals surface area contributed by atoms with Gasteiger partial charge >= 0.3 is 5.97 Å². The summed E-state index contributed by atoms with van der Waals surface area (Å²) in [6.07, 6.45) is 2.01. The van der Waals surface area contributed by atoms with E-state index in [2.05, 4.69) is 11.9 Å². The minimum absolute atomic E-state index is 0.310. The van der Waals surface area contributed by atoms with Crippen LogP contribution in [0.15, 0.2) is 24.3 Å². The number of hydrogen-bond donors (Lipinski definition) is 1. The third-order valence-electron chi connectivity index (χ3n) is 4.34. The lowest BCUT2D eigenvalue weighted by Crippen LogP contribution is -2.45. The predicted molar refractivity (Wildman–Crippen MR) is 81.7 cm³/mol. The number of rotatable bonds is 5. The number of likely N-dealkylation sites (N-methyl/N-ethyl adjacent to an activating group) is 1. The molecule has 0 radical (unpaired) electrons. The lowest BCUT2D eigenvalue weighted by Gasteiger charge is -2.38. The Morgan fingerprint density at radius 1 is 1.33 bits per heavy atom. The fraction of sp³-hybridized carbons (Fsp3) is 0.562. The van der Waals surface area contributed by atoms with Gasteiger partial charge in [-0.05, 0) is 57.7 Å². The first kappa shape index (κ1) is 15.8. The molecule has 21 heavy (non-hydrogen) atoms. The Kier molecular flexibility index (Phi) is 5.20. The van der Waals surface area contributed by atoms with Crippen molar-refractivity contribution in [2.75, 3.05) is 34.3 Å². The number of carboxylic acids is 1. The molecule has 1 fully saturated rings. The first-order chi connectivity index (χ1) is 10.0. The zero-order valence-electron chi connectivity index (χ0n) is 13.0. The summed E-state index contributed by atoms with van der Waals surface area (Å²) in [5, 5.41) is 9.62. The van der Waals surface area contributed by atoms with E-state index in [-0.39, 0.29) is 0 Å². The maximum Gasteiger partial charge on any atom is 0.325 e. The molecule has 0 bridgehead atoms. The summed E-state index contributed by atoms with van der Waals surface area (Å²) in [5.41, 5.74) is 0.796. The molecule has 0 aromatic heterocycles. The molecule has 2 rings (SSSR count). The third kappa shape index (κ3) is 3.74. The van der Waals surface area contributed by atoms with E-state index in [1.165, 1.54) is 0 Å². The number of ether oxygens (including phenoxy) is 1. The molecule has 0 aliphatic carbocycles. The minimum atomic E-state index is -0.804. The first-order valence-corrected chi connectivity index (χ1v) is 7.30. The van der Waals surface area contributed by atoms with Gasteiger partial charge in [-0.25, -0.2) is 0 Å². The molecule has 1 aliphatic heterocycles. The van der Waals surface area contributed by atoms with Gasteiger partial charge in [-0.2, -0.15) is 0 Å². The Bertz CT molecular complexity index is 467. The van der Waals surface area contributed by atoms with E-state index in [0.29, 0.717) is 6.04 Å². The summed E-state index contributed by atoms with van der Waals surface area (Å²) in [7, 11) is 5.63. The molecule has 5 heteroatoms. The van der Waals surface area contributed by atoms with Gasteiger partial charge in [0.05, 0.1) is 7.11 Å². The number of likely N-dealkylation sites (tertiary alicyclic amines) is 1. The van der Waals surface area contributed by atoms with Gasteiger partial charge in [-0.15, -0.1) is 0 Å². The predicted octanol–water partition coefficient (Wildman–Crippen LogP) is 1.85. The molecule has 1 N–H and O–H groups in total. The van der Waals surface area contributed by atoms with Gasteiger partial charge in [0.1, 0.15) is 11.8 Å². The van der Waals surface area contributed by atoms with Crippen LogP contribution in [-0.2, 0) is 4.79 Å². The molecule has 1 aromatic rings. The quantitative estimate of drug-likeness (QED) is 0.897. The van der Waals surface area contributed by atoms with E-state index in [1.807, 2.05) is 36.2 Å². The number of aliphatic carboxylic acids is 1. The van der Waals surface area contributed by atoms with Gasteiger partial charge in [0.2, 0.25) is 0 Å². The van der Waals surface area contributed by atoms with Crippen LogP contribution in [0, 0.1) is 0 Å². The van der Waals surface area contributed by atoms with Gasteiger partial charge in [-0.1, -0.05) is 12.1 Å². The monoisotopic (exact) mass is 292 g/mol. The summed E-state index contributed by atoms with van der Waals surface area (Å²) in [6.45, 7) is 2.04. The van der Waals surface area contributed by atoms with E-state index in [0.717, 1.165) is 37.2 Å². The zero-order valence-corrected chi connectivity index (χ0v) is 13.0. The highest BCUT2D eigenvalue weighted by atomic mass is 16.5. The van der Waals surface area contributed by atoms with E-state index in [4.69, 9.17) is 4.74 Å². The topological polar surface area (TPSA) is 53.0 Å². The highest BCUT2D eigenvalue weighted by molar-refractivity contribution is 5.75. The second-order valence-corrected chi connectivity index (χ2v) is 5.71. The molecule has 1 aliphatic rings. The van der Waals surface area contributed by atoms with Gasteiger partial charge in [0, 0.05) is 6.04 Å². The van der Waals surface area contributed by atoms with Crippen LogP contribution in [0.1, 0.15) is 24.4 Å². The number of methoxy groups -OCH3 is 1. The highest BCUT2D eigenvalue weighted by Crippen LogP contribution is 2.27. The number of benzene rings is 1. The minimum Gasteiger partial charge on any atom is -0.497 e. The van der Waals surface area contributed by atoms with Crippen molar-refractivity contribution in [1.29, 1.82) is 0 Å². The lowest BCUT2D eigenvalue weighted by atomic mass is 9.98. The second-order valence-electron chi connectivity index (χ2n) is 5.71. The van der Waals surface area contributed by atoms with Crippen LogP contribution in [0.4, 0.5) is 0 Å². The Labute approximate surface area is 126 Å². The standard InChI is InChI=1S/C16H24N2O3/c1-17-10-8-13(9-11-17)18(2)15(16(19)20)12-4-6-14(21-3)7-5-12/h4-7,13,15H,8-11H2,1-3H3,(H,19,20). The number of piperidine rings is 1. The Balaban J connectivity index is 2.15. The number of carbonyl (C=O) groups is 1. The van der Waals surface area contributed by atoms with Crippen molar-refractivity contribution in [3.05, 3.63) is 29.8 Å². The molecule has 116 valence electrons. The summed E-state index contributed by atoms with van der Waals surface area (Å²) in [6, 6.07) is 7.00. The average molecular weight is 292 g/mol. The lowest BCUT2D eigenvalue weighted by molar-refractivity contribution is -0.144. The third-order valence-corrected chi connectivity index (χ3v) is 4.34. The van der Waals surface area contributed by atoms with Crippen LogP contribution in [-0.4, -0.2) is 61.2 Å². The summed E-state index contributed by atoms with van der Waals surface area (Å²) in [5.74, 6) is -0.0635. The number of carboxylic acid groups (broad SMARTS) is 1. The Hall–Kier alpha value is -1.59. The summed E-state index contributed by atoms with van der Waals surface area (Å²) >= 11 is 0. The Morgan fingerprint density at radius 3 is 2.38 bits per heavy atom. The molecule has 1 heterocycles. The number of nitrogens with zero attached hydrogens (tertiary/aromatic N) is 2. The molecule has 5 nitrogen and oxygen atoms in total. The fourth-order valence-corrected chi connectivity index (χ4v) is 2.95. The molecule has 0 saturated carbocycles. The first-order valence-electron chi connectivity index (χ1n) is 7.30. The van der Waals surface area contributed by atoms with Crippen molar-refractivity contribution in [3.63, 3.8) is 0 Å². The molecule has 1 aromatic carbocycles. The molecule has 1 atom stereocenters. The molecule has 1 saturated heterocycles. The van der Waals surface area contributed by atoms with Crippen LogP contribution in [0.3, 0.4) is 0 Å². The summed E-state index contributed by atoms with van der Waals surface area (Å²) < 4.78 is 5.13. The van der Waals surface area contributed by atoms with Crippen molar-refractivity contribution in [2.45, 2.75) is 24.9 Å². The van der Waals surface area contributed by atoms with Crippen LogP contribution in [0.2, 0.25) is 0 Å². The van der Waals surface area contributed by atoms with Gasteiger partial charge in [0.15, 0.2) is 0 Å². The second kappa shape index (κ2) is 6.91. The van der Waals surface area contributed by atoms with Gasteiger partial charge in [0.25, 0.3) is 0 Å². The smallest absolute Gasteiger partial charge is 0.325 e. The van der Waals surface area contributed by atoms with E-state index >= 15 is 0 Å². The molecule has 0 amide bonds. The molecule has 1 unspecified atom stereocenters. The van der Waals surface area contributed by atoms with Gasteiger partial charge < -0.3 is 14.7 Å². The van der Waals surface area contributed by atoms with Crippen LogP contribution in [0.5, 0.6) is 5.75 Å². The van der Waals surface area contributed by atoms with Crippen LogP contribution < -0.4 is 4.74 Å². The van der Waals surface area contributed by atoms with Crippen LogP contribution >= 0.6 is 0 Å². The maximum absolute atomic E-state index is 11.7. The number of hydrogen-bond acceptors (Lipinski definition) is 4. The average Bonchev–Trinajstić information content (AvgIpc) is 2.48. The van der Waals surface area contributed by atoms with E-state index in [9.17, 15) is 9.90 Å². The molecule has 0 spiro atoms. The van der Waals surface area contributed by atoms with Crippen molar-refractivity contribution < 1.29 is 14.6 Å². The molecular weight excluding hydrogens is 268 g/mol. The van der Waals surface area contributed by atoms with E-state index < -0.39 is 12.0 Å². The highest BCUT2D eigenvalue weighted by Gasteiger charge is 2.31. The largest absolute Gasteiger partial charge is 0.497 e. The SMILES string of the molecule is COc1ccc(C(C(=O)O)N(C)C2CCN(C)CC2)cc1. The Morgan fingerprint density at radius 2 is 1.90 bits per heavy atom. The van der Waals surface area contributed by atoms with Crippen molar-refractivity contribution >= 4 is 5.97 Å². The van der Waals surface area contributed by atoms with Crippen molar-refractivity contribution in [1.82, 2.24) is 9.80 Å². The maximum atomic E-state index is 11.7. The fourth-order valence-electron chi connectivity index (χ4n) is 2.95. The zero-order chi connectivity index (χ0) is 15.4. The van der Waals surface area contributed by atoms with E-state index in [1.54, 1.807) is 7.11 Å². The normalized spacial score (nSPS) is 18.7. The van der Waals surface area contributed by atoms with Gasteiger partial charge in [-0.3, -0.25) is 9.69 Å². The van der Waals surface area contributed by atoms with Crippen molar-refractivity contribution in [2.24, 2.45) is 0 Å². The summed E-state index contributed by atoms with van der Waals surface area (Å²) in [4.78, 5) is 16.0. The van der Waals surface area contributed by atoms with Crippen molar-refractivity contribution in [3.8, 4) is 5.75 Å².